The summed E-state index contributed by atoms with van der Waals surface area (Å²) in [6.07, 6.45) is 2.22. The summed E-state index contributed by atoms with van der Waals surface area (Å²) in [5, 5.41) is 4.63. The fourth-order valence-electron chi connectivity index (χ4n) is 4.49. The number of benzene rings is 1. The van der Waals surface area contributed by atoms with Crippen LogP contribution >= 0.6 is 0 Å². The maximum Gasteiger partial charge on any atom is 0.309 e. The summed E-state index contributed by atoms with van der Waals surface area (Å²) in [5.74, 6) is -0.503. The van der Waals surface area contributed by atoms with Crippen LogP contribution in [0.4, 0.5) is 4.39 Å². The first-order valence-corrected chi connectivity index (χ1v) is 11.4. The van der Waals surface area contributed by atoms with Gasteiger partial charge in [-0.15, -0.1) is 0 Å². The Hall–Kier alpha value is -3.29. The number of nitrogens with zero attached hydrogens (tertiary/aromatic N) is 4. The highest BCUT2D eigenvalue weighted by Gasteiger charge is 2.28. The number of amides is 1. The normalized spacial score (nSPS) is 14.6. The third kappa shape index (κ3) is 4.89. The Morgan fingerprint density at radius 2 is 1.94 bits per heavy atom. The van der Waals surface area contributed by atoms with Crippen molar-refractivity contribution in [3.63, 3.8) is 0 Å². The number of esters is 1. The Morgan fingerprint density at radius 1 is 1.18 bits per heavy atom. The molecule has 0 bridgehead atoms. The molecule has 0 atom stereocenters. The van der Waals surface area contributed by atoms with E-state index in [9.17, 15) is 14.0 Å². The number of aromatic nitrogens is 3. The lowest BCUT2D eigenvalue weighted by molar-refractivity contribution is -0.151. The number of ether oxygens (including phenoxy) is 1. The van der Waals surface area contributed by atoms with Gasteiger partial charge in [0.05, 0.1) is 18.2 Å². The molecule has 174 valence electrons. The van der Waals surface area contributed by atoms with Crippen LogP contribution in [-0.4, -0.2) is 51.1 Å². The second-order valence-corrected chi connectivity index (χ2v) is 8.48. The van der Waals surface area contributed by atoms with Crippen LogP contribution in [0.15, 0.2) is 30.3 Å². The van der Waals surface area contributed by atoms with Crippen molar-refractivity contribution in [2.75, 3.05) is 19.7 Å². The number of piperidine rings is 1. The average Bonchev–Trinajstić information content (AvgIpc) is 3.23. The molecule has 3 heterocycles. The van der Waals surface area contributed by atoms with E-state index in [-0.39, 0.29) is 23.6 Å². The van der Waals surface area contributed by atoms with Crippen molar-refractivity contribution in [3.8, 4) is 11.3 Å². The van der Waals surface area contributed by atoms with Crippen LogP contribution in [0.5, 0.6) is 0 Å². The lowest BCUT2D eigenvalue weighted by Gasteiger charge is -2.31. The second-order valence-electron chi connectivity index (χ2n) is 8.48. The smallest absolute Gasteiger partial charge is 0.309 e. The van der Waals surface area contributed by atoms with Crippen molar-refractivity contribution in [1.29, 1.82) is 0 Å². The monoisotopic (exact) mass is 452 g/mol. The maximum absolute atomic E-state index is 13.6. The minimum atomic E-state index is -0.309. The first-order chi connectivity index (χ1) is 15.9. The van der Waals surface area contributed by atoms with Crippen LogP contribution in [-0.2, 0) is 20.7 Å². The van der Waals surface area contributed by atoms with E-state index in [1.54, 1.807) is 17.5 Å². The van der Waals surface area contributed by atoms with Crippen molar-refractivity contribution in [2.24, 2.45) is 5.92 Å². The largest absolute Gasteiger partial charge is 0.466 e. The molecule has 0 spiro atoms. The zero-order chi connectivity index (χ0) is 23.5. The fourth-order valence-corrected chi connectivity index (χ4v) is 4.49. The Morgan fingerprint density at radius 3 is 2.64 bits per heavy atom. The highest BCUT2D eigenvalue weighted by atomic mass is 19.1. The molecule has 33 heavy (non-hydrogen) atoms. The van der Waals surface area contributed by atoms with E-state index in [4.69, 9.17) is 4.74 Å². The average molecular weight is 453 g/mol. The van der Waals surface area contributed by atoms with Gasteiger partial charge in [0.15, 0.2) is 5.65 Å². The van der Waals surface area contributed by atoms with Crippen LogP contribution in [0.3, 0.4) is 0 Å². The van der Waals surface area contributed by atoms with Gasteiger partial charge in [0.1, 0.15) is 5.82 Å². The molecule has 0 N–H and O–H groups in total. The van der Waals surface area contributed by atoms with Gasteiger partial charge in [-0.25, -0.2) is 13.9 Å². The van der Waals surface area contributed by atoms with Crippen LogP contribution < -0.4 is 0 Å². The van der Waals surface area contributed by atoms with Gasteiger partial charge in [0.25, 0.3) is 0 Å². The minimum absolute atomic E-state index is 0.0807. The minimum Gasteiger partial charge on any atom is -0.466 e. The van der Waals surface area contributed by atoms with Gasteiger partial charge >= 0.3 is 5.97 Å². The Balaban J connectivity index is 1.44. The Kier molecular flexibility index (Phi) is 6.72. The summed E-state index contributed by atoms with van der Waals surface area (Å²) in [6.45, 7) is 7.25. The van der Waals surface area contributed by atoms with Crippen LogP contribution in [0, 0.1) is 25.6 Å². The molecular formula is C25H29FN4O3. The van der Waals surface area contributed by atoms with E-state index in [1.165, 1.54) is 12.1 Å². The molecule has 0 saturated carbocycles. The van der Waals surface area contributed by atoms with E-state index >= 15 is 0 Å². The number of carbonyl (C=O) groups excluding carboxylic acids is 2. The van der Waals surface area contributed by atoms with Gasteiger partial charge in [-0.2, -0.15) is 5.10 Å². The van der Waals surface area contributed by atoms with Crippen LogP contribution in [0.25, 0.3) is 16.9 Å². The van der Waals surface area contributed by atoms with Crippen molar-refractivity contribution >= 4 is 17.5 Å². The quantitative estimate of drug-likeness (QED) is 0.531. The zero-order valence-electron chi connectivity index (χ0n) is 19.3. The molecule has 1 fully saturated rings. The molecule has 1 aliphatic heterocycles. The van der Waals surface area contributed by atoms with Crippen molar-refractivity contribution in [1.82, 2.24) is 19.5 Å². The summed E-state index contributed by atoms with van der Waals surface area (Å²) in [5.41, 5.74) is 4.82. The van der Waals surface area contributed by atoms with Gasteiger partial charge < -0.3 is 9.64 Å². The first-order valence-electron chi connectivity index (χ1n) is 11.4. The highest BCUT2D eigenvalue weighted by molar-refractivity contribution is 5.77. The molecule has 0 aliphatic carbocycles. The van der Waals surface area contributed by atoms with Crippen molar-refractivity contribution in [3.05, 3.63) is 53.1 Å². The highest BCUT2D eigenvalue weighted by Crippen LogP contribution is 2.24. The third-order valence-electron chi connectivity index (χ3n) is 6.34. The Labute approximate surface area is 192 Å². The zero-order valence-corrected chi connectivity index (χ0v) is 19.3. The van der Waals surface area contributed by atoms with Gasteiger partial charge in [-0.3, -0.25) is 9.59 Å². The van der Waals surface area contributed by atoms with E-state index in [0.29, 0.717) is 62.3 Å². The SMILES string of the molecule is CCOC(=O)C1CCN(C(=O)CCc2c(C)nc3cc(-c4cccc(F)c4)nn3c2C)CC1. The molecule has 1 saturated heterocycles. The predicted molar refractivity (Wildman–Crippen MR) is 122 cm³/mol. The number of fused-ring (bicyclic) bond motifs is 1. The van der Waals surface area contributed by atoms with Crippen LogP contribution in [0.1, 0.15) is 43.1 Å². The second kappa shape index (κ2) is 9.68. The molecule has 0 unspecified atom stereocenters. The number of likely N-dealkylation sites (tertiary alicyclic amines) is 1. The molecule has 2 aromatic heterocycles. The van der Waals surface area contributed by atoms with E-state index in [0.717, 1.165) is 17.0 Å². The van der Waals surface area contributed by atoms with E-state index in [2.05, 4.69) is 10.1 Å². The van der Waals surface area contributed by atoms with E-state index < -0.39 is 0 Å². The Bertz CT molecular complexity index is 1180. The number of carbonyl (C=O) groups is 2. The lowest BCUT2D eigenvalue weighted by atomic mass is 9.96. The number of hydrogen-bond acceptors (Lipinski definition) is 5. The summed E-state index contributed by atoms with van der Waals surface area (Å²) >= 11 is 0. The van der Waals surface area contributed by atoms with Crippen molar-refractivity contribution < 1.29 is 18.7 Å². The molecule has 1 aromatic carbocycles. The number of halogens is 1. The summed E-state index contributed by atoms with van der Waals surface area (Å²) in [7, 11) is 0. The molecule has 3 aromatic rings. The lowest BCUT2D eigenvalue weighted by Crippen LogP contribution is -2.40. The third-order valence-corrected chi connectivity index (χ3v) is 6.34. The molecule has 1 aliphatic rings. The summed E-state index contributed by atoms with van der Waals surface area (Å²) in [4.78, 5) is 31.2. The first kappa shape index (κ1) is 22.9. The number of aryl methyl sites for hydroxylation is 2. The fraction of sp³-hybridized carbons (Fsp3) is 0.440. The van der Waals surface area contributed by atoms with Gasteiger partial charge in [-0.05, 0) is 57.7 Å². The molecular weight excluding hydrogens is 423 g/mol. The number of rotatable bonds is 6. The maximum atomic E-state index is 13.6. The van der Waals surface area contributed by atoms with Gasteiger partial charge in [0.2, 0.25) is 5.91 Å². The molecule has 0 radical (unpaired) electrons. The molecule has 1 amide bonds. The summed E-state index contributed by atoms with van der Waals surface area (Å²) in [6, 6.07) is 8.18. The van der Waals surface area contributed by atoms with E-state index in [1.807, 2.05) is 30.9 Å². The van der Waals surface area contributed by atoms with Crippen LogP contribution in [0.2, 0.25) is 0 Å². The van der Waals surface area contributed by atoms with Crippen molar-refractivity contribution in [2.45, 2.75) is 46.5 Å². The van der Waals surface area contributed by atoms with Gasteiger partial charge in [0, 0.05) is 42.5 Å². The molecule has 7 nitrogen and oxygen atoms in total. The predicted octanol–water partition coefficient (Wildman–Crippen LogP) is 3.89. The van der Waals surface area contributed by atoms with Gasteiger partial charge in [-0.1, -0.05) is 12.1 Å². The topological polar surface area (TPSA) is 76.8 Å². The summed E-state index contributed by atoms with van der Waals surface area (Å²) < 4.78 is 20.5. The molecule has 8 heteroatoms. The number of hydrogen-bond donors (Lipinski definition) is 0. The standard InChI is InChI=1S/C25H29FN4O3/c1-4-33-25(32)18-10-12-29(13-11-18)24(31)9-8-21-16(2)27-23-15-22(28-30(23)17(21)3)19-6-5-7-20(26)14-19/h5-7,14-15,18H,4,8-13H2,1-3H3. The molecule has 4 rings (SSSR count).